The second kappa shape index (κ2) is 11.7. The van der Waals surface area contributed by atoms with Crippen LogP contribution in [0.5, 0.6) is 17.4 Å². The Morgan fingerprint density at radius 3 is 2.55 bits per heavy atom. The zero-order valence-electron chi connectivity index (χ0n) is 22.6. The van der Waals surface area contributed by atoms with Crippen LogP contribution in [0.25, 0.3) is 16.9 Å². The minimum Gasteiger partial charge on any atom is -0.491 e. The molecule has 4 aromatic heterocycles. The van der Waals surface area contributed by atoms with Gasteiger partial charge in [0.1, 0.15) is 11.6 Å². The molecule has 11 nitrogen and oxygen atoms in total. The van der Waals surface area contributed by atoms with Gasteiger partial charge in [0.05, 0.1) is 38.3 Å². The molecular formula is C29H29N7O4. The molecule has 0 aliphatic heterocycles. The summed E-state index contributed by atoms with van der Waals surface area (Å²) < 4.78 is 17.9. The van der Waals surface area contributed by atoms with E-state index >= 15 is 0 Å². The van der Waals surface area contributed by atoms with Crippen molar-refractivity contribution in [3.05, 3.63) is 84.3 Å². The molecule has 0 fully saturated rings. The Hall–Kier alpha value is -5.19. The first-order valence-corrected chi connectivity index (χ1v) is 12.6. The van der Waals surface area contributed by atoms with Gasteiger partial charge in [0.15, 0.2) is 17.2 Å². The summed E-state index contributed by atoms with van der Waals surface area (Å²) in [5.41, 5.74) is 3.38. The van der Waals surface area contributed by atoms with Gasteiger partial charge < -0.3 is 24.8 Å². The molecule has 0 saturated carbocycles. The second-order valence-electron chi connectivity index (χ2n) is 9.09. The summed E-state index contributed by atoms with van der Waals surface area (Å²) in [6.45, 7) is 4.18. The molecule has 5 aromatic rings. The van der Waals surface area contributed by atoms with Gasteiger partial charge in [-0.2, -0.15) is 0 Å². The maximum atomic E-state index is 12.6. The van der Waals surface area contributed by atoms with Crippen LogP contribution in [-0.2, 0) is 6.54 Å². The first kappa shape index (κ1) is 26.4. The zero-order valence-corrected chi connectivity index (χ0v) is 22.6. The lowest BCUT2D eigenvalue weighted by molar-refractivity contribution is 0.0950. The van der Waals surface area contributed by atoms with Crippen LogP contribution in [0, 0.1) is 0 Å². The van der Waals surface area contributed by atoms with Gasteiger partial charge in [-0.25, -0.2) is 19.5 Å². The van der Waals surface area contributed by atoms with Crippen molar-refractivity contribution in [3.63, 3.8) is 0 Å². The Morgan fingerprint density at radius 2 is 1.80 bits per heavy atom. The highest BCUT2D eigenvalue weighted by Crippen LogP contribution is 2.29. The molecule has 1 amide bonds. The molecule has 0 aliphatic carbocycles. The maximum absolute atomic E-state index is 12.6. The molecule has 4 heterocycles. The fraction of sp³-hybridized carbons (Fsp3) is 0.207. The van der Waals surface area contributed by atoms with E-state index in [1.54, 1.807) is 49.2 Å². The van der Waals surface area contributed by atoms with E-state index < -0.39 is 0 Å². The van der Waals surface area contributed by atoms with Crippen molar-refractivity contribution in [1.82, 2.24) is 29.9 Å². The van der Waals surface area contributed by atoms with Crippen LogP contribution in [0.4, 0.5) is 11.6 Å². The number of pyridine rings is 2. The number of aromatic nitrogens is 5. The van der Waals surface area contributed by atoms with Gasteiger partial charge in [-0.15, -0.1) is 5.10 Å². The van der Waals surface area contributed by atoms with Crippen LogP contribution in [0.1, 0.15) is 29.9 Å². The summed E-state index contributed by atoms with van der Waals surface area (Å²) in [4.78, 5) is 26.2. The van der Waals surface area contributed by atoms with Gasteiger partial charge in [-0.1, -0.05) is 6.07 Å². The normalized spacial score (nSPS) is 10.9. The summed E-state index contributed by atoms with van der Waals surface area (Å²) in [5, 5.41) is 10.6. The number of methoxy groups -OCH3 is 2. The van der Waals surface area contributed by atoms with E-state index in [1.807, 2.05) is 56.4 Å². The molecule has 0 spiro atoms. The molecule has 5 rings (SSSR count). The quantitative estimate of drug-likeness (QED) is 0.261. The molecule has 11 heteroatoms. The molecule has 0 radical (unpaired) electrons. The lowest BCUT2D eigenvalue weighted by Gasteiger charge is -2.10. The third kappa shape index (κ3) is 6.09. The Labute approximate surface area is 231 Å². The summed E-state index contributed by atoms with van der Waals surface area (Å²) in [6, 6.07) is 18.1. The lowest BCUT2D eigenvalue weighted by atomic mass is 10.2. The number of ether oxygens (including phenoxy) is 3. The average Bonchev–Trinajstić information content (AvgIpc) is 3.37. The van der Waals surface area contributed by atoms with Crippen molar-refractivity contribution in [2.45, 2.75) is 26.5 Å². The van der Waals surface area contributed by atoms with Gasteiger partial charge in [0.2, 0.25) is 0 Å². The molecular weight excluding hydrogens is 510 g/mol. The summed E-state index contributed by atoms with van der Waals surface area (Å²) >= 11 is 0. The Kier molecular flexibility index (Phi) is 7.72. The van der Waals surface area contributed by atoms with Gasteiger partial charge in [0, 0.05) is 29.6 Å². The molecule has 0 bridgehead atoms. The van der Waals surface area contributed by atoms with Gasteiger partial charge in [0.25, 0.3) is 11.8 Å². The van der Waals surface area contributed by atoms with Crippen LogP contribution in [0.2, 0.25) is 0 Å². The Morgan fingerprint density at radius 1 is 0.975 bits per heavy atom. The van der Waals surface area contributed by atoms with Crippen LogP contribution in [-0.4, -0.2) is 50.8 Å². The number of nitrogens with one attached hydrogen (secondary N) is 2. The molecule has 2 N–H and O–H groups in total. The number of carbonyl (C=O) groups excluding carboxylic acids is 1. The highest BCUT2D eigenvalue weighted by atomic mass is 16.5. The standard InChI is InChI=1S/C29H29N7O4/c1-18(2)40-22-10-8-19(9-11-22)28(37)30-17-21-6-5-7-25(32-21)34-26-15-27-33-23(12-13-36(27)35-26)20-14-24(38-3)29(39-4)31-16-20/h5-16,18H,17H2,1-4H3,(H,30,37)(H,32,34,35). The highest BCUT2D eigenvalue weighted by molar-refractivity contribution is 5.94. The van der Waals surface area contributed by atoms with Crippen molar-refractivity contribution in [1.29, 1.82) is 0 Å². The number of fused-ring (bicyclic) bond motifs is 1. The number of carbonyl (C=O) groups is 1. The van der Waals surface area contributed by atoms with Crippen molar-refractivity contribution in [2.24, 2.45) is 0 Å². The van der Waals surface area contributed by atoms with Crippen LogP contribution >= 0.6 is 0 Å². The van der Waals surface area contributed by atoms with E-state index in [4.69, 9.17) is 19.2 Å². The second-order valence-corrected chi connectivity index (χ2v) is 9.09. The van der Waals surface area contributed by atoms with Crippen molar-refractivity contribution in [3.8, 4) is 28.6 Å². The van der Waals surface area contributed by atoms with Crippen molar-refractivity contribution < 1.29 is 19.0 Å². The first-order chi connectivity index (χ1) is 19.4. The van der Waals surface area contributed by atoms with Crippen molar-refractivity contribution in [2.75, 3.05) is 19.5 Å². The SMILES string of the molecule is COc1cc(-c2ccn3nc(Nc4cccc(CNC(=O)c5ccc(OC(C)C)cc5)n4)cc3n2)cnc1OC. The minimum absolute atomic E-state index is 0.0717. The van der Waals surface area contributed by atoms with E-state index in [2.05, 4.69) is 25.7 Å². The van der Waals surface area contributed by atoms with E-state index in [0.29, 0.717) is 45.9 Å². The first-order valence-electron chi connectivity index (χ1n) is 12.6. The van der Waals surface area contributed by atoms with Gasteiger partial charge in [-0.3, -0.25) is 4.79 Å². The molecule has 204 valence electrons. The van der Waals surface area contributed by atoms with Gasteiger partial charge in [-0.05, 0) is 62.4 Å². The minimum atomic E-state index is -0.192. The molecule has 0 atom stereocenters. The third-order valence-corrected chi connectivity index (χ3v) is 5.83. The van der Waals surface area contributed by atoms with E-state index in [-0.39, 0.29) is 18.6 Å². The summed E-state index contributed by atoms with van der Waals surface area (Å²) in [5.74, 6) is 2.63. The zero-order chi connectivity index (χ0) is 28.1. The average molecular weight is 540 g/mol. The molecule has 0 aliphatic rings. The lowest BCUT2D eigenvalue weighted by Crippen LogP contribution is -2.23. The third-order valence-electron chi connectivity index (χ3n) is 5.83. The number of hydrogen-bond acceptors (Lipinski definition) is 9. The van der Waals surface area contributed by atoms with E-state index in [0.717, 1.165) is 11.3 Å². The number of rotatable bonds is 10. The monoisotopic (exact) mass is 539 g/mol. The summed E-state index contributed by atoms with van der Waals surface area (Å²) in [7, 11) is 3.11. The molecule has 0 saturated heterocycles. The Balaban J connectivity index is 1.25. The maximum Gasteiger partial charge on any atom is 0.256 e. The fourth-order valence-electron chi connectivity index (χ4n) is 3.98. The van der Waals surface area contributed by atoms with Crippen molar-refractivity contribution >= 4 is 23.2 Å². The molecule has 40 heavy (non-hydrogen) atoms. The predicted octanol–water partition coefficient (Wildman–Crippen LogP) is 4.66. The number of amides is 1. The molecule has 1 aromatic carbocycles. The summed E-state index contributed by atoms with van der Waals surface area (Å²) in [6.07, 6.45) is 3.57. The largest absolute Gasteiger partial charge is 0.491 e. The number of benzene rings is 1. The highest BCUT2D eigenvalue weighted by Gasteiger charge is 2.12. The number of hydrogen-bond donors (Lipinski definition) is 2. The van der Waals surface area contributed by atoms with E-state index in [9.17, 15) is 4.79 Å². The molecule has 0 unspecified atom stereocenters. The van der Waals surface area contributed by atoms with Crippen LogP contribution in [0.3, 0.4) is 0 Å². The Bertz CT molecular complexity index is 1630. The number of anilines is 2. The van der Waals surface area contributed by atoms with Crippen LogP contribution in [0.15, 0.2) is 73.1 Å². The van der Waals surface area contributed by atoms with E-state index in [1.165, 1.54) is 0 Å². The fourth-order valence-corrected chi connectivity index (χ4v) is 3.98. The predicted molar refractivity (Wildman–Crippen MR) is 150 cm³/mol. The topological polar surface area (TPSA) is 125 Å². The smallest absolute Gasteiger partial charge is 0.256 e. The van der Waals surface area contributed by atoms with Gasteiger partial charge >= 0.3 is 0 Å². The van der Waals surface area contributed by atoms with Crippen LogP contribution < -0.4 is 24.8 Å². The number of nitrogens with zero attached hydrogens (tertiary/aromatic N) is 5.